The third-order valence-corrected chi connectivity index (χ3v) is 3.66. The standard InChI is InChI=1S/C15H20N4O/c16-9-12-1-3-14(4-2-12)18-15(20)6-8-19-7-5-13(10-17)11-19/h1-4,13H,5-8,10-11,17H2,(H,18,20). The van der Waals surface area contributed by atoms with E-state index in [1.807, 2.05) is 6.07 Å². The zero-order valence-corrected chi connectivity index (χ0v) is 11.5. The number of amides is 1. The molecule has 1 aromatic carbocycles. The molecule has 1 unspecified atom stereocenters. The maximum absolute atomic E-state index is 11.8. The molecule has 1 saturated heterocycles. The number of likely N-dealkylation sites (tertiary alicyclic amines) is 1. The van der Waals surface area contributed by atoms with Gasteiger partial charge in [0, 0.05) is 25.2 Å². The normalized spacial score (nSPS) is 18.7. The van der Waals surface area contributed by atoms with Crippen LogP contribution in [0.1, 0.15) is 18.4 Å². The first-order chi connectivity index (χ1) is 9.71. The quantitative estimate of drug-likeness (QED) is 0.843. The number of nitriles is 1. The molecule has 3 N–H and O–H groups in total. The molecule has 1 aliphatic heterocycles. The smallest absolute Gasteiger partial charge is 0.225 e. The predicted octanol–water partition coefficient (Wildman–Crippen LogP) is 1.17. The number of nitrogens with zero attached hydrogens (tertiary/aromatic N) is 2. The lowest BCUT2D eigenvalue weighted by Crippen LogP contribution is -2.27. The zero-order chi connectivity index (χ0) is 14.4. The lowest BCUT2D eigenvalue weighted by Gasteiger charge is -2.15. The van der Waals surface area contributed by atoms with Crippen molar-refractivity contribution >= 4 is 11.6 Å². The number of rotatable bonds is 5. The van der Waals surface area contributed by atoms with Gasteiger partial charge in [-0.25, -0.2) is 0 Å². The van der Waals surface area contributed by atoms with Crippen molar-refractivity contribution in [3.8, 4) is 6.07 Å². The van der Waals surface area contributed by atoms with Crippen molar-refractivity contribution in [2.24, 2.45) is 11.7 Å². The van der Waals surface area contributed by atoms with Crippen molar-refractivity contribution in [2.75, 3.05) is 31.5 Å². The van der Waals surface area contributed by atoms with Crippen LogP contribution in [-0.2, 0) is 4.79 Å². The van der Waals surface area contributed by atoms with Gasteiger partial charge in [-0.2, -0.15) is 5.26 Å². The Morgan fingerprint density at radius 1 is 1.45 bits per heavy atom. The number of anilines is 1. The highest BCUT2D eigenvalue weighted by atomic mass is 16.1. The third kappa shape index (κ3) is 4.05. The summed E-state index contributed by atoms with van der Waals surface area (Å²) in [4.78, 5) is 14.1. The Hall–Kier alpha value is -1.90. The molecule has 1 fully saturated rings. The molecule has 1 aromatic rings. The first kappa shape index (κ1) is 14.5. The number of benzene rings is 1. The maximum atomic E-state index is 11.8. The molecule has 106 valence electrons. The molecule has 2 rings (SSSR count). The second-order valence-electron chi connectivity index (χ2n) is 5.18. The molecule has 1 atom stereocenters. The molecule has 5 nitrogen and oxygen atoms in total. The average Bonchev–Trinajstić information content (AvgIpc) is 2.94. The highest BCUT2D eigenvalue weighted by Crippen LogP contribution is 2.15. The molecule has 1 amide bonds. The molecule has 0 spiro atoms. The number of carbonyl (C=O) groups excluding carboxylic acids is 1. The van der Waals surface area contributed by atoms with E-state index in [1.165, 1.54) is 0 Å². The van der Waals surface area contributed by atoms with E-state index in [2.05, 4.69) is 10.2 Å². The number of nitrogens with two attached hydrogens (primary N) is 1. The average molecular weight is 272 g/mol. The van der Waals surface area contributed by atoms with E-state index >= 15 is 0 Å². The highest BCUT2D eigenvalue weighted by molar-refractivity contribution is 5.90. The van der Waals surface area contributed by atoms with Gasteiger partial charge in [0.1, 0.15) is 0 Å². The lowest BCUT2D eigenvalue weighted by molar-refractivity contribution is -0.116. The fourth-order valence-corrected chi connectivity index (χ4v) is 2.42. The van der Waals surface area contributed by atoms with E-state index in [0.717, 1.165) is 38.3 Å². The largest absolute Gasteiger partial charge is 0.330 e. The number of carbonyl (C=O) groups is 1. The van der Waals surface area contributed by atoms with Gasteiger partial charge in [0.15, 0.2) is 0 Å². The van der Waals surface area contributed by atoms with E-state index in [9.17, 15) is 4.79 Å². The predicted molar refractivity (Wildman–Crippen MR) is 78.0 cm³/mol. The van der Waals surface area contributed by atoms with Crippen molar-refractivity contribution in [1.29, 1.82) is 5.26 Å². The topological polar surface area (TPSA) is 82.2 Å². The Bertz CT molecular complexity index is 492. The van der Waals surface area contributed by atoms with Crippen LogP contribution in [0, 0.1) is 17.2 Å². The fraction of sp³-hybridized carbons (Fsp3) is 0.467. The van der Waals surface area contributed by atoms with E-state index in [-0.39, 0.29) is 5.91 Å². The molecular formula is C15H20N4O. The van der Waals surface area contributed by atoms with Crippen molar-refractivity contribution < 1.29 is 4.79 Å². The number of hydrogen-bond acceptors (Lipinski definition) is 4. The van der Waals surface area contributed by atoms with E-state index < -0.39 is 0 Å². The Morgan fingerprint density at radius 2 is 2.20 bits per heavy atom. The Balaban J connectivity index is 1.74. The zero-order valence-electron chi connectivity index (χ0n) is 11.5. The van der Waals surface area contributed by atoms with Gasteiger partial charge in [-0.1, -0.05) is 0 Å². The summed E-state index contributed by atoms with van der Waals surface area (Å²) in [5, 5.41) is 11.5. The Labute approximate surface area is 119 Å². The summed E-state index contributed by atoms with van der Waals surface area (Å²) in [6, 6.07) is 8.94. The minimum absolute atomic E-state index is 0.00547. The SMILES string of the molecule is N#Cc1ccc(NC(=O)CCN2CCC(CN)C2)cc1. The molecule has 0 radical (unpaired) electrons. The molecule has 1 heterocycles. The van der Waals surface area contributed by atoms with E-state index in [0.29, 0.717) is 17.9 Å². The molecule has 1 aliphatic rings. The third-order valence-electron chi connectivity index (χ3n) is 3.66. The van der Waals surface area contributed by atoms with E-state index in [4.69, 9.17) is 11.0 Å². The highest BCUT2D eigenvalue weighted by Gasteiger charge is 2.21. The number of nitrogens with one attached hydrogen (secondary N) is 1. The summed E-state index contributed by atoms with van der Waals surface area (Å²) in [6.45, 7) is 3.54. The van der Waals surface area contributed by atoms with E-state index in [1.54, 1.807) is 24.3 Å². The molecule has 5 heteroatoms. The van der Waals surface area contributed by atoms with Crippen LogP contribution in [0.3, 0.4) is 0 Å². The van der Waals surface area contributed by atoms with Crippen LogP contribution in [0.25, 0.3) is 0 Å². The van der Waals surface area contributed by atoms with Gasteiger partial charge in [0.2, 0.25) is 5.91 Å². The minimum atomic E-state index is 0.00547. The molecule has 0 bridgehead atoms. The first-order valence-electron chi connectivity index (χ1n) is 6.93. The van der Waals surface area contributed by atoms with Crippen LogP contribution >= 0.6 is 0 Å². The summed E-state index contributed by atoms with van der Waals surface area (Å²) < 4.78 is 0. The van der Waals surface area contributed by atoms with Gasteiger partial charge < -0.3 is 16.0 Å². The summed E-state index contributed by atoms with van der Waals surface area (Å²) >= 11 is 0. The summed E-state index contributed by atoms with van der Waals surface area (Å²) in [7, 11) is 0. The number of hydrogen-bond donors (Lipinski definition) is 2. The van der Waals surface area contributed by atoms with Gasteiger partial charge in [-0.3, -0.25) is 4.79 Å². The molecule has 0 aromatic heterocycles. The minimum Gasteiger partial charge on any atom is -0.330 e. The van der Waals surface area contributed by atoms with Crippen molar-refractivity contribution in [2.45, 2.75) is 12.8 Å². The monoisotopic (exact) mass is 272 g/mol. The maximum Gasteiger partial charge on any atom is 0.225 e. The van der Waals surface area contributed by atoms with Crippen molar-refractivity contribution in [3.05, 3.63) is 29.8 Å². The van der Waals surface area contributed by atoms with Crippen molar-refractivity contribution in [1.82, 2.24) is 4.90 Å². The van der Waals surface area contributed by atoms with Crippen LogP contribution < -0.4 is 11.1 Å². The molecule has 20 heavy (non-hydrogen) atoms. The second kappa shape index (κ2) is 7.04. The second-order valence-corrected chi connectivity index (χ2v) is 5.18. The van der Waals surface area contributed by atoms with Gasteiger partial charge in [-0.15, -0.1) is 0 Å². The van der Waals surface area contributed by atoms with Crippen LogP contribution in [0.2, 0.25) is 0 Å². The van der Waals surface area contributed by atoms with Gasteiger partial charge in [-0.05, 0) is 49.7 Å². The van der Waals surface area contributed by atoms with Gasteiger partial charge in [0.25, 0.3) is 0 Å². The summed E-state index contributed by atoms with van der Waals surface area (Å²) in [6.07, 6.45) is 1.62. The van der Waals surface area contributed by atoms with Crippen LogP contribution in [0.5, 0.6) is 0 Å². The van der Waals surface area contributed by atoms with Crippen LogP contribution in [0.4, 0.5) is 5.69 Å². The van der Waals surface area contributed by atoms with Crippen molar-refractivity contribution in [3.63, 3.8) is 0 Å². The summed E-state index contributed by atoms with van der Waals surface area (Å²) in [5.41, 5.74) is 6.97. The van der Waals surface area contributed by atoms with Crippen LogP contribution in [0.15, 0.2) is 24.3 Å². The summed E-state index contributed by atoms with van der Waals surface area (Å²) in [5.74, 6) is 0.586. The molecule has 0 aliphatic carbocycles. The molecular weight excluding hydrogens is 252 g/mol. The van der Waals surface area contributed by atoms with Gasteiger partial charge >= 0.3 is 0 Å². The Morgan fingerprint density at radius 3 is 2.80 bits per heavy atom. The molecule has 0 saturated carbocycles. The lowest BCUT2D eigenvalue weighted by atomic mass is 10.1. The Kier molecular flexibility index (Phi) is 5.10. The first-order valence-corrected chi connectivity index (χ1v) is 6.93. The fourth-order valence-electron chi connectivity index (χ4n) is 2.42. The van der Waals surface area contributed by atoms with Crippen LogP contribution in [-0.4, -0.2) is 37.0 Å². The van der Waals surface area contributed by atoms with Gasteiger partial charge in [0.05, 0.1) is 11.6 Å².